The van der Waals surface area contributed by atoms with E-state index in [1.54, 1.807) is 0 Å². The van der Waals surface area contributed by atoms with Crippen LogP contribution in [-0.2, 0) is 0 Å². The van der Waals surface area contributed by atoms with Crippen LogP contribution in [0.2, 0.25) is 0 Å². The van der Waals surface area contributed by atoms with E-state index >= 15 is 0 Å². The quantitative estimate of drug-likeness (QED) is 0.655. The molecule has 108 valence electrons. The second-order valence-electron chi connectivity index (χ2n) is 6.26. The molecule has 3 N–H and O–H groups in total. The minimum atomic E-state index is -0.556. The van der Waals surface area contributed by atoms with Gasteiger partial charge in [0, 0.05) is 18.6 Å². The Balaban J connectivity index is 2.21. The normalized spacial score (nSPS) is 26.3. The molecule has 0 bridgehead atoms. The van der Waals surface area contributed by atoms with Gasteiger partial charge in [0.15, 0.2) is 0 Å². The van der Waals surface area contributed by atoms with E-state index in [0.717, 1.165) is 12.8 Å². The van der Waals surface area contributed by atoms with Crippen LogP contribution in [0.15, 0.2) is 0 Å². The maximum Gasteiger partial charge on any atom is 0.0743 e. The lowest BCUT2D eigenvalue weighted by molar-refractivity contribution is 0.0470. The van der Waals surface area contributed by atoms with Gasteiger partial charge in [0.05, 0.1) is 5.60 Å². The maximum atomic E-state index is 10.1. The van der Waals surface area contributed by atoms with Gasteiger partial charge in [-0.05, 0) is 46.1 Å². The third-order valence-corrected chi connectivity index (χ3v) is 3.92. The minimum absolute atomic E-state index is 0.476. The molecule has 1 aliphatic heterocycles. The lowest BCUT2D eigenvalue weighted by Crippen LogP contribution is -2.44. The van der Waals surface area contributed by atoms with Crippen molar-refractivity contribution in [2.45, 2.75) is 83.4 Å². The highest BCUT2D eigenvalue weighted by Gasteiger charge is 2.21. The highest BCUT2D eigenvalue weighted by atomic mass is 16.3. The Morgan fingerprint density at radius 1 is 1.39 bits per heavy atom. The predicted molar refractivity (Wildman–Crippen MR) is 77.9 cm³/mol. The summed E-state index contributed by atoms with van der Waals surface area (Å²) in [4.78, 5) is 0. The fourth-order valence-electron chi connectivity index (χ4n) is 2.83. The Morgan fingerprint density at radius 2 is 2.17 bits per heavy atom. The summed E-state index contributed by atoms with van der Waals surface area (Å²) in [5.41, 5.74) is -0.556. The van der Waals surface area contributed by atoms with Crippen molar-refractivity contribution in [1.29, 1.82) is 0 Å². The largest absolute Gasteiger partial charge is 0.389 e. The van der Waals surface area contributed by atoms with E-state index < -0.39 is 5.60 Å². The summed E-state index contributed by atoms with van der Waals surface area (Å²) in [6, 6.07) is 1.13. The molecule has 3 heteroatoms. The zero-order chi connectivity index (χ0) is 13.4. The average molecular weight is 256 g/mol. The third-order valence-electron chi connectivity index (χ3n) is 3.92. The van der Waals surface area contributed by atoms with E-state index in [1.165, 1.54) is 38.6 Å². The molecule has 1 aliphatic rings. The number of nitrogens with one attached hydrogen (secondary N) is 2. The van der Waals surface area contributed by atoms with Gasteiger partial charge in [-0.1, -0.05) is 26.2 Å². The summed E-state index contributed by atoms with van der Waals surface area (Å²) in [6.45, 7) is 8.15. The first-order valence-electron chi connectivity index (χ1n) is 7.72. The molecular weight excluding hydrogens is 224 g/mol. The number of hydrogen-bond acceptors (Lipinski definition) is 3. The van der Waals surface area contributed by atoms with Gasteiger partial charge in [-0.25, -0.2) is 0 Å². The highest BCUT2D eigenvalue weighted by Crippen LogP contribution is 2.14. The van der Waals surface area contributed by atoms with Crippen LogP contribution in [0, 0.1) is 0 Å². The van der Waals surface area contributed by atoms with Crippen LogP contribution < -0.4 is 10.6 Å². The molecule has 1 heterocycles. The number of hydrogen-bond donors (Lipinski definition) is 3. The molecule has 0 spiro atoms. The van der Waals surface area contributed by atoms with Crippen LogP contribution in [-0.4, -0.2) is 35.9 Å². The fraction of sp³-hybridized carbons (Fsp3) is 1.00. The van der Waals surface area contributed by atoms with Crippen LogP contribution in [0.3, 0.4) is 0 Å². The second-order valence-corrected chi connectivity index (χ2v) is 6.26. The summed E-state index contributed by atoms with van der Waals surface area (Å²) in [5, 5.41) is 17.3. The van der Waals surface area contributed by atoms with Gasteiger partial charge in [0.25, 0.3) is 0 Å². The monoisotopic (exact) mass is 256 g/mol. The number of rotatable bonds is 7. The molecule has 3 nitrogen and oxygen atoms in total. The Hall–Kier alpha value is -0.120. The van der Waals surface area contributed by atoms with Gasteiger partial charge in [-0.3, -0.25) is 0 Å². The summed E-state index contributed by atoms with van der Waals surface area (Å²) >= 11 is 0. The minimum Gasteiger partial charge on any atom is -0.389 e. The summed E-state index contributed by atoms with van der Waals surface area (Å²) in [7, 11) is 0. The van der Waals surface area contributed by atoms with Gasteiger partial charge < -0.3 is 15.7 Å². The van der Waals surface area contributed by atoms with Crippen molar-refractivity contribution in [1.82, 2.24) is 10.6 Å². The van der Waals surface area contributed by atoms with Crippen molar-refractivity contribution in [3.05, 3.63) is 0 Å². The summed E-state index contributed by atoms with van der Waals surface area (Å²) in [5.74, 6) is 0. The average Bonchev–Trinajstić information content (AvgIpc) is 2.55. The van der Waals surface area contributed by atoms with Crippen molar-refractivity contribution in [2.75, 3.05) is 13.1 Å². The van der Waals surface area contributed by atoms with Crippen LogP contribution >= 0.6 is 0 Å². The molecule has 0 aromatic carbocycles. The van der Waals surface area contributed by atoms with Gasteiger partial charge in [-0.15, -0.1) is 0 Å². The number of aliphatic hydroxyl groups is 1. The summed E-state index contributed by atoms with van der Waals surface area (Å²) < 4.78 is 0. The Bertz CT molecular complexity index is 211. The smallest absolute Gasteiger partial charge is 0.0743 e. The van der Waals surface area contributed by atoms with Crippen molar-refractivity contribution < 1.29 is 5.11 Å². The Morgan fingerprint density at radius 3 is 2.89 bits per heavy atom. The van der Waals surface area contributed by atoms with Gasteiger partial charge in [0.2, 0.25) is 0 Å². The van der Waals surface area contributed by atoms with Gasteiger partial charge in [0.1, 0.15) is 0 Å². The van der Waals surface area contributed by atoms with Crippen molar-refractivity contribution in [3.63, 3.8) is 0 Å². The van der Waals surface area contributed by atoms with Crippen molar-refractivity contribution in [3.8, 4) is 0 Å². The van der Waals surface area contributed by atoms with Crippen molar-refractivity contribution >= 4 is 0 Å². The first-order valence-corrected chi connectivity index (χ1v) is 7.72. The predicted octanol–water partition coefficient (Wildman–Crippen LogP) is 2.44. The van der Waals surface area contributed by atoms with E-state index in [-0.39, 0.29) is 0 Å². The molecule has 0 aliphatic carbocycles. The van der Waals surface area contributed by atoms with Crippen LogP contribution in [0.1, 0.15) is 65.7 Å². The molecule has 0 aromatic rings. The Kier molecular flexibility index (Phi) is 7.20. The molecule has 1 rings (SSSR count). The summed E-state index contributed by atoms with van der Waals surface area (Å²) in [6.07, 6.45) is 8.43. The molecular formula is C15H32N2O. The maximum absolute atomic E-state index is 10.1. The first-order chi connectivity index (χ1) is 8.53. The lowest BCUT2D eigenvalue weighted by Gasteiger charge is -2.27. The standard InChI is InChI=1S/C15H32N2O/c1-4-9-15(3,18)12-17-13(2)11-14-8-6-5-7-10-16-14/h13-14,16-18H,4-12H2,1-3H3. The highest BCUT2D eigenvalue weighted by molar-refractivity contribution is 4.80. The van der Waals surface area contributed by atoms with Gasteiger partial charge >= 0.3 is 0 Å². The zero-order valence-corrected chi connectivity index (χ0v) is 12.5. The first kappa shape index (κ1) is 15.9. The molecule has 1 saturated heterocycles. The zero-order valence-electron chi connectivity index (χ0n) is 12.5. The molecule has 3 unspecified atom stereocenters. The topological polar surface area (TPSA) is 44.3 Å². The molecule has 0 radical (unpaired) electrons. The molecule has 0 amide bonds. The van der Waals surface area contributed by atoms with Gasteiger partial charge in [-0.2, -0.15) is 0 Å². The van der Waals surface area contributed by atoms with E-state index in [1.807, 2.05) is 6.92 Å². The third kappa shape index (κ3) is 6.72. The molecule has 1 fully saturated rings. The SMILES string of the molecule is CCCC(C)(O)CNC(C)CC1CCCCCN1. The van der Waals surface area contributed by atoms with Crippen LogP contribution in [0.5, 0.6) is 0 Å². The van der Waals surface area contributed by atoms with E-state index in [2.05, 4.69) is 24.5 Å². The van der Waals surface area contributed by atoms with E-state index in [4.69, 9.17) is 0 Å². The fourth-order valence-corrected chi connectivity index (χ4v) is 2.83. The Labute approximate surface area is 113 Å². The molecule has 18 heavy (non-hydrogen) atoms. The molecule has 0 saturated carbocycles. The van der Waals surface area contributed by atoms with E-state index in [0.29, 0.717) is 18.6 Å². The van der Waals surface area contributed by atoms with Crippen LogP contribution in [0.4, 0.5) is 0 Å². The molecule has 0 aromatic heterocycles. The lowest BCUT2D eigenvalue weighted by atomic mass is 9.99. The molecule has 3 atom stereocenters. The second kappa shape index (κ2) is 8.13. The van der Waals surface area contributed by atoms with Crippen molar-refractivity contribution in [2.24, 2.45) is 0 Å². The van der Waals surface area contributed by atoms with E-state index in [9.17, 15) is 5.11 Å². The van der Waals surface area contributed by atoms with Crippen LogP contribution in [0.25, 0.3) is 0 Å².